The number of nitrogens with zero attached hydrogens (tertiary/aromatic N) is 3. The number of aromatic nitrogens is 2. The second kappa shape index (κ2) is 6.47. The van der Waals surface area contributed by atoms with Gasteiger partial charge in [-0.3, -0.25) is 4.79 Å². The molecule has 5 nitrogen and oxygen atoms in total. The highest BCUT2D eigenvalue weighted by atomic mass is 19.1. The fourth-order valence-corrected chi connectivity index (χ4v) is 3.10. The number of amides is 1. The molecule has 6 heteroatoms. The molecule has 4 rings (SSSR count). The molecule has 1 amide bonds. The molecule has 25 heavy (non-hydrogen) atoms. The summed E-state index contributed by atoms with van der Waals surface area (Å²) in [6, 6.07) is 14.9. The van der Waals surface area contributed by atoms with Crippen LogP contribution < -0.4 is 0 Å². The Bertz CT molecular complexity index is 877. The standard InChI is InChI=1S/C19H16FN3O2/c20-15-10-8-14(9-11-15)19(24)23-12-4-7-16(23)18-21-17(22-25-18)13-5-2-1-3-6-13/h1-3,5-6,8-11,16H,4,7,12H2. The maximum Gasteiger partial charge on any atom is 0.254 e. The summed E-state index contributed by atoms with van der Waals surface area (Å²) in [6.07, 6.45) is 1.63. The molecule has 2 aromatic carbocycles. The number of hydrogen-bond acceptors (Lipinski definition) is 4. The molecule has 0 aliphatic carbocycles. The van der Waals surface area contributed by atoms with Crippen molar-refractivity contribution in [1.82, 2.24) is 15.0 Å². The third-order valence-electron chi connectivity index (χ3n) is 4.36. The van der Waals surface area contributed by atoms with Crippen molar-refractivity contribution in [3.8, 4) is 11.4 Å². The quantitative estimate of drug-likeness (QED) is 0.728. The molecule has 3 aromatic rings. The fourth-order valence-electron chi connectivity index (χ4n) is 3.10. The highest BCUT2D eigenvalue weighted by Crippen LogP contribution is 2.33. The van der Waals surface area contributed by atoms with Crippen LogP contribution in [0.4, 0.5) is 4.39 Å². The van der Waals surface area contributed by atoms with Gasteiger partial charge in [0.15, 0.2) is 0 Å². The summed E-state index contributed by atoms with van der Waals surface area (Å²) in [4.78, 5) is 18.9. The first-order chi connectivity index (χ1) is 12.2. The number of halogens is 1. The Morgan fingerprint density at radius 1 is 1.12 bits per heavy atom. The van der Waals surface area contributed by atoms with Gasteiger partial charge < -0.3 is 9.42 Å². The zero-order chi connectivity index (χ0) is 17.2. The predicted molar refractivity (Wildman–Crippen MR) is 89.1 cm³/mol. The van der Waals surface area contributed by atoms with E-state index in [1.165, 1.54) is 24.3 Å². The molecular weight excluding hydrogens is 321 g/mol. The van der Waals surface area contributed by atoms with Crippen LogP contribution >= 0.6 is 0 Å². The van der Waals surface area contributed by atoms with Crippen molar-refractivity contribution in [3.05, 3.63) is 71.9 Å². The lowest BCUT2D eigenvalue weighted by Crippen LogP contribution is -2.30. The monoisotopic (exact) mass is 337 g/mol. The number of likely N-dealkylation sites (tertiary alicyclic amines) is 1. The van der Waals surface area contributed by atoms with Gasteiger partial charge in [-0.25, -0.2) is 4.39 Å². The van der Waals surface area contributed by atoms with E-state index in [-0.39, 0.29) is 17.8 Å². The summed E-state index contributed by atoms with van der Waals surface area (Å²) in [6.45, 7) is 0.615. The van der Waals surface area contributed by atoms with Crippen molar-refractivity contribution in [3.63, 3.8) is 0 Å². The van der Waals surface area contributed by atoms with Gasteiger partial charge in [0.05, 0.1) is 0 Å². The van der Waals surface area contributed by atoms with E-state index in [2.05, 4.69) is 10.1 Å². The topological polar surface area (TPSA) is 59.2 Å². The Balaban J connectivity index is 1.58. The molecule has 1 aliphatic heterocycles. The Hall–Kier alpha value is -3.02. The highest BCUT2D eigenvalue weighted by Gasteiger charge is 2.34. The van der Waals surface area contributed by atoms with E-state index in [0.29, 0.717) is 23.8 Å². The van der Waals surface area contributed by atoms with Crippen LogP contribution in [-0.4, -0.2) is 27.5 Å². The summed E-state index contributed by atoms with van der Waals surface area (Å²) in [5, 5.41) is 4.04. The van der Waals surface area contributed by atoms with Crippen molar-refractivity contribution in [2.45, 2.75) is 18.9 Å². The maximum absolute atomic E-state index is 13.1. The number of hydrogen-bond donors (Lipinski definition) is 0. The van der Waals surface area contributed by atoms with Crippen molar-refractivity contribution < 1.29 is 13.7 Å². The largest absolute Gasteiger partial charge is 0.337 e. The van der Waals surface area contributed by atoms with Gasteiger partial charge in [-0.1, -0.05) is 35.5 Å². The number of rotatable bonds is 3. The van der Waals surface area contributed by atoms with E-state index in [0.717, 1.165) is 18.4 Å². The summed E-state index contributed by atoms with van der Waals surface area (Å²) in [7, 11) is 0. The van der Waals surface area contributed by atoms with Gasteiger partial charge in [-0.05, 0) is 37.1 Å². The Labute approximate surface area is 144 Å². The maximum atomic E-state index is 13.1. The van der Waals surface area contributed by atoms with E-state index in [9.17, 15) is 9.18 Å². The van der Waals surface area contributed by atoms with Crippen LogP contribution in [0.15, 0.2) is 59.1 Å². The van der Waals surface area contributed by atoms with E-state index >= 15 is 0 Å². The van der Waals surface area contributed by atoms with Gasteiger partial charge in [0.2, 0.25) is 11.7 Å². The minimum Gasteiger partial charge on any atom is -0.337 e. The molecule has 0 spiro atoms. The lowest BCUT2D eigenvalue weighted by molar-refractivity contribution is 0.0710. The average molecular weight is 337 g/mol. The van der Waals surface area contributed by atoms with Crippen LogP contribution in [0.1, 0.15) is 35.1 Å². The molecular formula is C19H16FN3O2. The van der Waals surface area contributed by atoms with E-state index in [1.807, 2.05) is 30.3 Å². The molecule has 0 saturated carbocycles. The molecule has 1 aromatic heterocycles. The molecule has 0 N–H and O–H groups in total. The molecule has 0 bridgehead atoms. The lowest BCUT2D eigenvalue weighted by atomic mass is 10.1. The Kier molecular flexibility index (Phi) is 4.01. The number of carbonyl (C=O) groups excluding carboxylic acids is 1. The SMILES string of the molecule is O=C(c1ccc(F)cc1)N1CCCC1c1nc(-c2ccccc2)no1. The van der Waals surface area contributed by atoms with Gasteiger partial charge in [0.25, 0.3) is 5.91 Å². The minimum absolute atomic E-state index is 0.151. The second-order valence-electron chi connectivity index (χ2n) is 5.99. The van der Waals surface area contributed by atoms with Crippen LogP contribution in [0.5, 0.6) is 0 Å². The first-order valence-corrected chi connectivity index (χ1v) is 8.18. The van der Waals surface area contributed by atoms with E-state index in [4.69, 9.17) is 4.52 Å². The molecule has 2 heterocycles. The first kappa shape index (κ1) is 15.5. The van der Waals surface area contributed by atoms with Gasteiger partial charge in [0.1, 0.15) is 11.9 Å². The predicted octanol–water partition coefficient (Wildman–Crippen LogP) is 3.85. The van der Waals surface area contributed by atoms with Crippen molar-refractivity contribution in [2.75, 3.05) is 6.54 Å². The smallest absolute Gasteiger partial charge is 0.254 e. The molecule has 1 unspecified atom stereocenters. The fraction of sp³-hybridized carbons (Fsp3) is 0.211. The summed E-state index contributed by atoms with van der Waals surface area (Å²) < 4.78 is 18.5. The normalized spacial score (nSPS) is 17.0. The molecule has 0 radical (unpaired) electrons. The van der Waals surface area contributed by atoms with Crippen LogP contribution in [0.25, 0.3) is 11.4 Å². The third-order valence-corrected chi connectivity index (χ3v) is 4.36. The molecule has 1 atom stereocenters. The van der Waals surface area contributed by atoms with E-state index in [1.54, 1.807) is 4.90 Å². The van der Waals surface area contributed by atoms with Crippen LogP contribution in [0, 0.1) is 5.82 Å². The summed E-state index contributed by atoms with van der Waals surface area (Å²) >= 11 is 0. The Morgan fingerprint density at radius 2 is 1.88 bits per heavy atom. The van der Waals surface area contributed by atoms with Crippen LogP contribution in [0.2, 0.25) is 0 Å². The zero-order valence-corrected chi connectivity index (χ0v) is 13.4. The molecule has 1 aliphatic rings. The van der Waals surface area contributed by atoms with Crippen molar-refractivity contribution in [2.24, 2.45) is 0 Å². The first-order valence-electron chi connectivity index (χ1n) is 8.18. The summed E-state index contributed by atoms with van der Waals surface area (Å²) in [5.41, 5.74) is 1.32. The second-order valence-corrected chi connectivity index (χ2v) is 5.99. The van der Waals surface area contributed by atoms with Crippen molar-refractivity contribution >= 4 is 5.91 Å². The molecule has 1 saturated heterocycles. The minimum atomic E-state index is -0.362. The highest BCUT2D eigenvalue weighted by molar-refractivity contribution is 5.94. The van der Waals surface area contributed by atoms with Crippen LogP contribution in [-0.2, 0) is 0 Å². The van der Waals surface area contributed by atoms with Crippen molar-refractivity contribution in [1.29, 1.82) is 0 Å². The van der Waals surface area contributed by atoms with Gasteiger partial charge >= 0.3 is 0 Å². The summed E-state index contributed by atoms with van der Waals surface area (Å²) in [5.74, 6) is 0.435. The Morgan fingerprint density at radius 3 is 2.64 bits per heavy atom. The van der Waals surface area contributed by atoms with E-state index < -0.39 is 0 Å². The van der Waals surface area contributed by atoms with Gasteiger partial charge in [0, 0.05) is 17.7 Å². The van der Waals surface area contributed by atoms with Gasteiger partial charge in [-0.15, -0.1) is 0 Å². The molecule has 126 valence electrons. The molecule has 1 fully saturated rings. The number of benzene rings is 2. The third kappa shape index (κ3) is 3.03. The number of carbonyl (C=O) groups is 1. The zero-order valence-electron chi connectivity index (χ0n) is 13.4. The lowest BCUT2D eigenvalue weighted by Gasteiger charge is -2.21. The average Bonchev–Trinajstić information content (AvgIpc) is 3.32. The van der Waals surface area contributed by atoms with Gasteiger partial charge in [-0.2, -0.15) is 4.98 Å². The van der Waals surface area contributed by atoms with Crippen LogP contribution in [0.3, 0.4) is 0 Å².